The standard InChI is InChI=1S/C11H11N3O2S/c15-9(16)6-17-11-13-8-2-1-5-12-10(8)14(11)7-3-4-7/h1-2,5,7H,3-4,6H2,(H,15,16). The number of nitrogens with zero attached hydrogens (tertiary/aromatic N) is 3. The van der Waals surface area contributed by atoms with Gasteiger partial charge in [0.05, 0.1) is 5.75 Å². The quantitative estimate of drug-likeness (QED) is 0.839. The molecule has 1 saturated carbocycles. The van der Waals surface area contributed by atoms with Crippen molar-refractivity contribution >= 4 is 28.9 Å². The van der Waals surface area contributed by atoms with Gasteiger partial charge in [0.25, 0.3) is 0 Å². The molecule has 0 unspecified atom stereocenters. The van der Waals surface area contributed by atoms with E-state index < -0.39 is 5.97 Å². The SMILES string of the molecule is O=C(O)CSc1nc2cccnc2n1C1CC1. The Kier molecular flexibility index (Phi) is 2.51. The lowest BCUT2D eigenvalue weighted by atomic mass is 10.4. The first-order valence-electron chi connectivity index (χ1n) is 5.43. The summed E-state index contributed by atoms with van der Waals surface area (Å²) in [4.78, 5) is 19.4. The number of pyridine rings is 1. The van der Waals surface area contributed by atoms with Gasteiger partial charge in [-0.2, -0.15) is 0 Å². The zero-order chi connectivity index (χ0) is 11.8. The molecule has 2 heterocycles. The maximum absolute atomic E-state index is 10.6. The minimum absolute atomic E-state index is 0.0377. The Labute approximate surface area is 102 Å². The fourth-order valence-corrected chi connectivity index (χ4v) is 2.59. The minimum atomic E-state index is -0.822. The van der Waals surface area contributed by atoms with Crippen LogP contribution in [-0.4, -0.2) is 31.4 Å². The van der Waals surface area contributed by atoms with Gasteiger partial charge in [-0.25, -0.2) is 9.97 Å². The summed E-state index contributed by atoms with van der Waals surface area (Å²) in [5.41, 5.74) is 1.70. The number of fused-ring (bicyclic) bond motifs is 1. The van der Waals surface area contributed by atoms with Crippen molar-refractivity contribution in [2.75, 3.05) is 5.75 Å². The van der Waals surface area contributed by atoms with E-state index in [2.05, 4.69) is 14.5 Å². The van der Waals surface area contributed by atoms with Gasteiger partial charge in [0.2, 0.25) is 0 Å². The summed E-state index contributed by atoms with van der Waals surface area (Å²) in [6.45, 7) is 0. The summed E-state index contributed by atoms with van der Waals surface area (Å²) in [5.74, 6) is -0.784. The molecule has 2 aromatic rings. The number of hydrogen-bond donors (Lipinski definition) is 1. The topological polar surface area (TPSA) is 68.0 Å². The molecule has 0 amide bonds. The van der Waals surface area contributed by atoms with Crippen LogP contribution in [0.2, 0.25) is 0 Å². The molecule has 1 fully saturated rings. The molecule has 2 aromatic heterocycles. The van der Waals surface area contributed by atoms with Crippen molar-refractivity contribution in [3.05, 3.63) is 18.3 Å². The molecule has 1 aliphatic carbocycles. The molecule has 6 heteroatoms. The highest BCUT2D eigenvalue weighted by Crippen LogP contribution is 2.40. The molecule has 1 aliphatic rings. The van der Waals surface area contributed by atoms with Gasteiger partial charge in [0, 0.05) is 12.2 Å². The second-order valence-electron chi connectivity index (χ2n) is 4.02. The second-order valence-corrected chi connectivity index (χ2v) is 4.97. The van der Waals surface area contributed by atoms with Gasteiger partial charge in [-0.05, 0) is 25.0 Å². The van der Waals surface area contributed by atoms with E-state index in [1.165, 1.54) is 11.8 Å². The summed E-state index contributed by atoms with van der Waals surface area (Å²) in [6, 6.07) is 4.20. The number of carboxylic acids is 1. The summed E-state index contributed by atoms with van der Waals surface area (Å²) in [5, 5.41) is 9.49. The highest BCUT2D eigenvalue weighted by molar-refractivity contribution is 7.99. The largest absolute Gasteiger partial charge is 0.481 e. The van der Waals surface area contributed by atoms with Crippen molar-refractivity contribution in [1.29, 1.82) is 0 Å². The normalized spacial score (nSPS) is 15.3. The Hall–Kier alpha value is -1.56. The van der Waals surface area contributed by atoms with Gasteiger partial charge in [-0.3, -0.25) is 4.79 Å². The molecule has 0 aliphatic heterocycles. The van der Waals surface area contributed by atoms with Gasteiger partial charge in [-0.1, -0.05) is 11.8 Å². The van der Waals surface area contributed by atoms with Crippen molar-refractivity contribution in [2.24, 2.45) is 0 Å². The Bertz CT molecular complexity index is 577. The molecule has 17 heavy (non-hydrogen) atoms. The average Bonchev–Trinajstić information content (AvgIpc) is 3.07. The number of thioether (sulfide) groups is 1. The molecule has 0 saturated heterocycles. The van der Waals surface area contributed by atoms with E-state index in [-0.39, 0.29) is 5.75 Å². The van der Waals surface area contributed by atoms with Crippen molar-refractivity contribution in [1.82, 2.24) is 14.5 Å². The predicted octanol–water partition coefficient (Wildman–Crippen LogP) is 1.94. The van der Waals surface area contributed by atoms with Crippen LogP contribution in [0.5, 0.6) is 0 Å². The van der Waals surface area contributed by atoms with Crippen molar-refractivity contribution in [2.45, 2.75) is 24.0 Å². The molecule has 1 N–H and O–H groups in total. The summed E-state index contributed by atoms with van der Waals surface area (Å²) < 4.78 is 2.07. The maximum atomic E-state index is 10.6. The molecule has 88 valence electrons. The third kappa shape index (κ3) is 2.00. The second kappa shape index (κ2) is 4.03. The van der Waals surface area contributed by atoms with Gasteiger partial charge >= 0.3 is 5.97 Å². The Morgan fingerprint density at radius 3 is 3.12 bits per heavy atom. The van der Waals surface area contributed by atoms with Crippen molar-refractivity contribution in [3.8, 4) is 0 Å². The molecule has 5 nitrogen and oxygen atoms in total. The lowest BCUT2D eigenvalue weighted by Crippen LogP contribution is -2.02. The molecule has 0 bridgehead atoms. The molecule has 3 rings (SSSR count). The van der Waals surface area contributed by atoms with Crippen LogP contribution in [0.1, 0.15) is 18.9 Å². The molecule has 0 atom stereocenters. The monoisotopic (exact) mass is 249 g/mol. The number of rotatable bonds is 4. The fraction of sp³-hybridized carbons (Fsp3) is 0.364. The number of imidazole rings is 1. The average molecular weight is 249 g/mol. The smallest absolute Gasteiger partial charge is 0.313 e. The molecular weight excluding hydrogens is 238 g/mol. The van der Waals surface area contributed by atoms with Gasteiger partial charge in [-0.15, -0.1) is 0 Å². The van der Waals surface area contributed by atoms with E-state index in [1.54, 1.807) is 6.20 Å². The van der Waals surface area contributed by atoms with Crippen LogP contribution in [0.15, 0.2) is 23.5 Å². The molecular formula is C11H11N3O2S. The third-order valence-corrected chi connectivity index (χ3v) is 3.59. The summed E-state index contributed by atoms with van der Waals surface area (Å²) in [7, 11) is 0. The van der Waals surface area contributed by atoms with E-state index in [1.807, 2.05) is 12.1 Å². The van der Waals surface area contributed by atoms with Gasteiger partial charge in [0.15, 0.2) is 10.8 Å². The zero-order valence-corrected chi connectivity index (χ0v) is 9.85. The first-order valence-corrected chi connectivity index (χ1v) is 6.42. The summed E-state index contributed by atoms with van der Waals surface area (Å²) >= 11 is 1.26. The number of aliphatic carboxylic acids is 1. The first kappa shape index (κ1) is 10.6. The van der Waals surface area contributed by atoms with Crippen LogP contribution >= 0.6 is 11.8 Å². The van der Waals surface area contributed by atoms with Crippen molar-refractivity contribution < 1.29 is 9.90 Å². The van der Waals surface area contributed by atoms with Crippen LogP contribution < -0.4 is 0 Å². The summed E-state index contributed by atoms with van der Waals surface area (Å²) in [6.07, 6.45) is 4.00. The Morgan fingerprint density at radius 2 is 2.41 bits per heavy atom. The molecule has 0 spiro atoms. The van der Waals surface area contributed by atoms with Crippen molar-refractivity contribution in [3.63, 3.8) is 0 Å². The van der Waals surface area contributed by atoms with Gasteiger partial charge < -0.3 is 9.67 Å². The third-order valence-electron chi connectivity index (χ3n) is 2.65. The van der Waals surface area contributed by atoms with Crippen LogP contribution in [0.25, 0.3) is 11.2 Å². The van der Waals surface area contributed by atoms with E-state index in [4.69, 9.17) is 5.11 Å². The van der Waals surface area contributed by atoms with E-state index in [0.717, 1.165) is 29.2 Å². The van der Waals surface area contributed by atoms with E-state index >= 15 is 0 Å². The predicted molar refractivity (Wildman–Crippen MR) is 64.2 cm³/mol. The highest BCUT2D eigenvalue weighted by atomic mass is 32.2. The van der Waals surface area contributed by atoms with E-state index in [0.29, 0.717) is 6.04 Å². The number of hydrogen-bond acceptors (Lipinski definition) is 4. The number of carbonyl (C=O) groups is 1. The minimum Gasteiger partial charge on any atom is -0.481 e. The Balaban J connectivity index is 2.03. The lowest BCUT2D eigenvalue weighted by Gasteiger charge is -2.04. The Morgan fingerprint density at radius 1 is 1.59 bits per heavy atom. The highest BCUT2D eigenvalue weighted by Gasteiger charge is 2.29. The first-order chi connectivity index (χ1) is 8.25. The zero-order valence-electron chi connectivity index (χ0n) is 9.04. The lowest BCUT2D eigenvalue weighted by molar-refractivity contribution is -0.133. The van der Waals surface area contributed by atoms with Crippen LogP contribution in [0, 0.1) is 0 Å². The van der Waals surface area contributed by atoms with Crippen LogP contribution in [0.4, 0.5) is 0 Å². The number of carboxylic acid groups (broad SMARTS) is 1. The number of aromatic nitrogens is 3. The molecule has 0 aromatic carbocycles. The maximum Gasteiger partial charge on any atom is 0.313 e. The van der Waals surface area contributed by atoms with E-state index in [9.17, 15) is 4.79 Å². The fourth-order valence-electron chi connectivity index (χ4n) is 1.80. The van der Waals surface area contributed by atoms with Crippen LogP contribution in [0.3, 0.4) is 0 Å². The van der Waals surface area contributed by atoms with Crippen LogP contribution in [-0.2, 0) is 4.79 Å². The molecule has 0 radical (unpaired) electrons. The van der Waals surface area contributed by atoms with Gasteiger partial charge in [0.1, 0.15) is 5.52 Å².